The average Bonchev–Trinajstić information content (AvgIpc) is 2.23. The molecule has 1 unspecified atom stereocenters. The highest BCUT2D eigenvalue weighted by Crippen LogP contribution is 2.39. The Morgan fingerprint density at radius 3 is 1.40 bits per heavy atom. The number of rotatable bonds is 1. The van der Waals surface area contributed by atoms with Crippen molar-refractivity contribution in [2.75, 3.05) is 0 Å². The number of hydrogen-bond acceptors (Lipinski definition) is 1. The number of hydrogen-bond donors (Lipinski definition) is 1. The van der Waals surface area contributed by atoms with Gasteiger partial charge in [0.1, 0.15) is 0 Å². The van der Waals surface area contributed by atoms with Gasteiger partial charge in [-0.3, -0.25) is 0 Å². The molecule has 7 heteroatoms. The summed E-state index contributed by atoms with van der Waals surface area (Å²) in [5.41, 5.74) is 2.23. The molecule has 0 fully saturated rings. The fraction of sp³-hybridized carbons (Fsp3) is 0.538. The van der Waals surface area contributed by atoms with Gasteiger partial charge in [-0.2, -0.15) is 26.3 Å². The molecule has 20 heavy (non-hydrogen) atoms. The first-order chi connectivity index (χ1) is 8.73. The Hall–Kier alpha value is -1.24. The molecular formula is C13H15F6N. The first-order valence-electron chi connectivity index (χ1n) is 5.78. The molecule has 0 aliphatic heterocycles. The van der Waals surface area contributed by atoms with Crippen molar-refractivity contribution in [1.82, 2.24) is 0 Å². The third-order valence-electron chi connectivity index (χ3n) is 2.90. The molecule has 1 aromatic rings. The fourth-order valence-electron chi connectivity index (χ4n) is 1.66. The SMILES string of the molecule is CC(C)(C)C(N)c1cc(C(F)(F)F)cc(C(F)(F)F)c1. The minimum atomic E-state index is -4.85. The van der Waals surface area contributed by atoms with E-state index in [1.807, 2.05) is 0 Å². The summed E-state index contributed by atoms with van der Waals surface area (Å²) >= 11 is 0. The lowest BCUT2D eigenvalue weighted by Crippen LogP contribution is -2.27. The van der Waals surface area contributed by atoms with Gasteiger partial charge in [0.2, 0.25) is 0 Å². The lowest BCUT2D eigenvalue weighted by Gasteiger charge is -2.28. The highest BCUT2D eigenvalue weighted by molar-refractivity contribution is 5.35. The zero-order valence-electron chi connectivity index (χ0n) is 11.2. The van der Waals surface area contributed by atoms with Crippen LogP contribution < -0.4 is 5.73 Å². The van der Waals surface area contributed by atoms with Crippen LogP contribution in [0.15, 0.2) is 18.2 Å². The maximum atomic E-state index is 12.7. The molecule has 0 aromatic heterocycles. The standard InChI is InChI=1S/C13H15F6N/c1-11(2,3)10(20)7-4-8(12(14,15)16)6-9(5-7)13(17,18)19/h4-6,10H,20H2,1-3H3. The molecule has 0 bridgehead atoms. The van der Waals surface area contributed by atoms with E-state index < -0.39 is 34.9 Å². The molecule has 0 radical (unpaired) electrons. The van der Waals surface area contributed by atoms with Gasteiger partial charge in [0, 0.05) is 6.04 Å². The van der Waals surface area contributed by atoms with Crippen molar-refractivity contribution in [2.24, 2.45) is 11.1 Å². The van der Waals surface area contributed by atoms with Gasteiger partial charge in [0.05, 0.1) is 11.1 Å². The van der Waals surface area contributed by atoms with E-state index in [4.69, 9.17) is 5.73 Å². The van der Waals surface area contributed by atoms with E-state index in [-0.39, 0.29) is 11.6 Å². The van der Waals surface area contributed by atoms with Crippen LogP contribution in [0.1, 0.15) is 43.5 Å². The second kappa shape index (κ2) is 4.95. The molecule has 1 nitrogen and oxygen atoms in total. The quantitative estimate of drug-likeness (QED) is 0.743. The van der Waals surface area contributed by atoms with Gasteiger partial charge in [-0.05, 0) is 29.2 Å². The summed E-state index contributed by atoms with van der Waals surface area (Å²) in [6.45, 7) is 4.93. The van der Waals surface area contributed by atoms with Crippen LogP contribution >= 0.6 is 0 Å². The average molecular weight is 299 g/mol. The molecule has 2 N–H and O–H groups in total. The number of benzene rings is 1. The third-order valence-corrected chi connectivity index (χ3v) is 2.90. The molecule has 1 rings (SSSR count). The van der Waals surface area contributed by atoms with Gasteiger partial charge in [-0.15, -0.1) is 0 Å². The van der Waals surface area contributed by atoms with Gasteiger partial charge in [0.15, 0.2) is 0 Å². The summed E-state index contributed by atoms with van der Waals surface area (Å²) in [7, 11) is 0. The Labute approximate surface area is 112 Å². The van der Waals surface area contributed by atoms with Gasteiger partial charge in [0.25, 0.3) is 0 Å². The lowest BCUT2D eigenvalue weighted by atomic mass is 9.82. The Kier molecular flexibility index (Phi) is 4.16. The van der Waals surface area contributed by atoms with Crippen LogP contribution in [-0.2, 0) is 12.4 Å². The molecule has 0 saturated heterocycles. The van der Waals surface area contributed by atoms with Crippen molar-refractivity contribution in [3.8, 4) is 0 Å². The van der Waals surface area contributed by atoms with E-state index in [0.717, 1.165) is 0 Å². The second-order valence-electron chi connectivity index (χ2n) is 5.68. The minimum absolute atomic E-state index is 0.0961. The molecule has 0 saturated carbocycles. The Balaban J connectivity index is 3.47. The van der Waals surface area contributed by atoms with Crippen molar-refractivity contribution >= 4 is 0 Å². The summed E-state index contributed by atoms with van der Waals surface area (Å²) in [6.07, 6.45) is -9.71. The fourth-order valence-corrected chi connectivity index (χ4v) is 1.66. The highest BCUT2D eigenvalue weighted by atomic mass is 19.4. The summed E-state index contributed by atoms with van der Waals surface area (Å²) in [5.74, 6) is 0. The van der Waals surface area contributed by atoms with Gasteiger partial charge >= 0.3 is 12.4 Å². The van der Waals surface area contributed by atoms with E-state index in [1.165, 1.54) is 0 Å². The van der Waals surface area contributed by atoms with Crippen molar-refractivity contribution in [1.29, 1.82) is 0 Å². The predicted octanol–water partition coefficient (Wildman–Crippen LogP) is 4.77. The summed E-state index contributed by atoms with van der Waals surface area (Å²) in [4.78, 5) is 0. The van der Waals surface area contributed by atoms with Crippen LogP contribution in [0.2, 0.25) is 0 Å². The maximum absolute atomic E-state index is 12.7. The summed E-state index contributed by atoms with van der Waals surface area (Å²) < 4.78 is 76.1. The Morgan fingerprint density at radius 2 is 1.15 bits per heavy atom. The van der Waals surface area contributed by atoms with Crippen LogP contribution in [0, 0.1) is 5.41 Å². The predicted molar refractivity (Wildman–Crippen MR) is 62.8 cm³/mol. The van der Waals surface area contributed by atoms with Gasteiger partial charge < -0.3 is 5.73 Å². The van der Waals surface area contributed by atoms with Crippen LogP contribution in [0.4, 0.5) is 26.3 Å². The highest BCUT2D eigenvalue weighted by Gasteiger charge is 2.38. The van der Waals surface area contributed by atoms with Crippen LogP contribution in [-0.4, -0.2) is 0 Å². The molecule has 1 atom stereocenters. The summed E-state index contributed by atoms with van der Waals surface area (Å²) in [6, 6.07) is 0.501. The van der Waals surface area contributed by atoms with Crippen molar-refractivity contribution in [3.63, 3.8) is 0 Å². The molecular weight excluding hydrogens is 284 g/mol. The van der Waals surface area contributed by atoms with E-state index in [1.54, 1.807) is 20.8 Å². The normalized spacial score (nSPS) is 15.3. The van der Waals surface area contributed by atoms with Gasteiger partial charge in [-0.25, -0.2) is 0 Å². The van der Waals surface area contributed by atoms with Crippen LogP contribution in [0.3, 0.4) is 0 Å². The topological polar surface area (TPSA) is 26.0 Å². The number of alkyl halides is 6. The first kappa shape index (κ1) is 16.8. The van der Waals surface area contributed by atoms with E-state index >= 15 is 0 Å². The summed E-state index contributed by atoms with van der Waals surface area (Å²) in [5, 5.41) is 0. The Morgan fingerprint density at radius 1 is 0.800 bits per heavy atom. The zero-order valence-corrected chi connectivity index (χ0v) is 11.2. The minimum Gasteiger partial charge on any atom is -0.324 e. The maximum Gasteiger partial charge on any atom is 0.416 e. The van der Waals surface area contributed by atoms with Crippen molar-refractivity contribution < 1.29 is 26.3 Å². The number of halogens is 6. The third kappa shape index (κ3) is 3.88. The second-order valence-corrected chi connectivity index (χ2v) is 5.68. The number of nitrogens with two attached hydrogens (primary N) is 1. The molecule has 0 spiro atoms. The molecule has 114 valence electrons. The van der Waals surface area contributed by atoms with E-state index in [0.29, 0.717) is 12.1 Å². The molecule has 0 aliphatic carbocycles. The van der Waals surface area contributed by atoms with Gasteiger partial charge in [-0.1, -0.05) is 20.8 Å². The monoisotopic (exact) mass is 299 g/mol. The lowest BCUT2D eigenvalue weighted by molar-refractivity contribution is -0.143. The molecule has 0 heterocycles. The van der Waals surface area contributed by atoms with Crippen LogP contribution in [0.25, 0.3) is 0 Å². The van der Waals surface area contributed by atoms with Crippen LogP contribution in [0.5, 0.6) is 0 Å². The van der Waals surface area contributed by atoms with Crippen molar-refractivity contribution in [3.05, 3.63) is 34.9 Å². The first-order valence-corrected chi connectivity index (χ1v) is 5.78. The largest absolute Gasteiger partial charge is 0.416 e. The molecule has 1 aromatic carbocycles. The Bertz CT molecular complexity index is 449. The molecule has 0 aliphatic rings. The molecule has 0 amide bonds. The zero-order chi connectivity index (χ0) is 15.9. The van der Waals surface area contributed by atoms with Crippen molar-refractivity contribution in [2.45, 2.75) is 39.2 Å². The smallest absolute Gasteiger partial charge is 0.324 e. The van der Waals surface area contributed by atoms with E-state index in [2.05, 4.69) is 0 Å². The van der Waals surface area contributed by atoms with E-state index in [9.17, 15) is 26.3 Å².